The molecule has 1 amide bonds. The van der Waals surface area contributed by atoms with Crippen LogP contribution in [0.5, 0.6) is 0 Å². The Labute approximate surface area is 183 Å². The molecule has 0 bridgehead atoms. The third-order valence-electron chi connectivity index (χ3n) is 4.87. The fourth-order valence-electron chi connectivity index (χ4n) is 3.39. The minimum atomic E-state index is -0.0720. The fourth-order valence-corrected chi connectivity index (χ4v) is 5.14. The van der Waals surface area contributed by atoms with Gasteiger partial charge in [0.15, 0.2) is 5.82 Å². The van der Waals surface area contributed by atoms with Gasteiger partial charge in [0, 0.05) is 36.3 Å². The first-order valence-electron chi connectivity index (χ1n) is 9.85. The monoisotopic (exact) mass is 444 g/mol. The van der Waals surface area contributed by atoms with Crippen LogP contribution in [0.15, 0.2) is 51.2 Å². The SMILES string of the molecule is Cc1nc(CSc2ccccc2C(=O)NCC(c2cccs2)N2CCOCC2)no1. The molecule has 4 rings (SSSR count). The third kappa shape index (κ3) is 5.28. The summed E-state index contributed by atoms with van der Waals surface area (Å²) in [6.45, 7) is 5.52. The summed E-state index contributed by atoms with van der Waals surface area (Å²) in [7, 11) is 0. The van der Waals surface area contributed by atoms with E-state index in [9.17, 15) is 4.79 Å². The van der Waals surface area contributed by atoms with Crippen molar-refractivity contribution in [1.29, 1.82) is 0 Å². The average molecular weight is 445 g/mol. The largest absolute Gasteiger partial charge is 0.379 e. The minimum Gasteiger partial charge on any atom is -0.379 e. The predicted octanol–water partition coefficient (Wildman–Crippen LogP) is 3.54. The molecule has 1 aliphatic heterocycles. The standard InChI is InChI=1S/C21H24N4O3S2/c1-15-23-20(24-28-15)14-30-18-6-3-2-5-16(18)21(26)22-13-17(19-7-4-12-29-19)25-8-10-27-11-9-25/h2-7,12,17H,8-11,13-14H2,1H3,(H,22,26). The topological polar surface area (TPSA) is 80.5 Å². The number of benzene rings is 1. The molecule has 0 saturated carbocycles. The van der Waals surface area contributed by atoms with E-state index in [4.69, 9.17) is 9.26 Å². The van der Waals surface area contributed by atoms with Crippen molar-refractivity contribution >= 4 is 29.0 Å². The number of aromatic nitrogens is 2. The molecule has 9 heteroatoms. The van der Waals surface area contributed by atoms with Crippen LogP contribution in [0.25, 0.3) is 0 Å². The van der Waals surface area contributed by atoms with Crippen LogP contribution in [-0.4, -0.2) is 53.8 Å². The number of amides is 1. The van der Waals surface area contributed by atoms with Crippen molar-refractivity contribution in [1.82, 2.24) is 20.4 Å². The zero-order valence-corrected chi connectivity index (χ0v) is 18.4. The van der Waals surface area contributed by atoms with Crippen LogP contribution in [0.3, 0.4) is 0 Å². The lowest BCUT2D eigenvalue weighted by molar-refractivity contribution is 0.0169. The molecular formula is C21H24N4O3S2. The molecule has 3 heterocycles. The molecule has 1 aliphatic rings. The maximum Gasteiger partial charge on any atom is 0.252 e. The molecule has 0 spiro atoms. The number of morpholine rings is 1. The first kappa shape index (κ1) is 21.0. The number of aryl methyl sites for hydroxylation is 1. The highest BCUT2D eigenvalue weighted by atomic mass is 32.2. The van der Waals surface area contributed by atoms with Gasteiger partial charge in [0.25, 0.3) is 5.91 Å². The number of carbonyl (C=O) groups is 1. The van der Waals surface area contributed by atoms with Crippen LogP contribution in [-0.2, 0) is 10.5 Å². The predicted molar refractivity (Wildman–Crippen MR) is 117 cm³/mol. The number of nitrogens with zero attached hydrogens (tertiary/aromatic N) is 3. The number of hydrogen-bond acceptors (Lipinski definition) is 8. The molecule has 0 aliphatic carbocycles. The Bertz CT molecular complexity index is 955. The number of thiophene rings is 1. The molecule has 1 fully saturated rings. The summed E-state index contributed by atoms with van der Waals surface area (Å²) >= 11 is 3.25. The lowest BCUT2D eigenvalue weighted by Gasteiger charge is -2.34. The molecule has 1 unspecified atom stereocenters. The molecule has 1 atom stereocenters. The first-order chi connectivity index (χ1) is 14.7. The van der Waals surface area contributed by atoms with Crippen molar-refractivity contribution in [3.63, 3.8) is 0 Å². The highest BCUT2D eigenvalue weighted by Crippen LogP contribution is 2.27. The van der Waals surface area contributed by atoms with Gasteiger partial charge in [-0.25, -0.2) is 0 Å². The van der Waals surface area contributed by atoms with E-state index in [-0.39, 0.29) is 11.9 Å². The summed E-state index contributed by atoms with van der Waals surface area (Å²) in [6, 6.07) is 12.0. The summed E-state index contributed by atoms with van der Waals surface area (Å²) in [5.41, 5.74) is 0.662. The van der Waals surface area contributed by atoms with Gasteiger partial charge in [-0.2, -0.15) is 4.98 Å². The molecule has 3 aromatic rings. The summed E-state index contributed by atoms with van der Waals surface area (Å²) in [4.78, 5) is 21.8. The number of carbonyl (C=O) groups excluding carboxylic acids is 1. The highest BCUT2D eigenvalue weighted by molar-refractivity contribution is 7.98. The van der Waals surface area contributed by atoms with E-state index in [2.05, 4.69) is 37.9 Å². The second-order valence-electron chi connectivity index (χ2n) is 6.90. The molecule has 7 nitrogen and oxygen atoms in total. The number of hydrogen-bond donors (Lipinski definition) is 1. The van der Waals surface area contributed by atoms with Crippen molar-refractivity contribution in [3.8, 4) is 0 Å². The van der Waals surface area contributed by atoms with Gasteiger partial charge in [-0.3, -0.25) is 9.69 Å². The normalized spacial score (nSPS) is 15.8. The molecule has 158 valence electrons. The van der Waals surface area contributed by atoms with Crippen molar-refractivity contribution in [2.75, 3.05) is 32.8 Å². The Morgan fingerprint density at radius 3 is 2.83 bits per heavy atom. The Morgan fingerprint density at radius 1 is 1.27 bits per heavy atom. The molecule has 1 aromatic carbocycles. The van der Waals surface area contributed by atoms with E-state index in [0.29, 0.717) is 29.6 Å². The van der Waals surface area contributed by atoms with Crippen LogP contribution < -0.4 is 5.32 Å². The lowest BCUT2D eigenvalue weighted by atomic mass is 10.1. The second-order valence-corrected chi connectivity index (χ2v) is 8.90. The van der Waals surface area contributed by atoms with Crippen molar-refractivity contribution < 1.29 is 14.1 Å². The van der Waals surface area contributed by atoms with E-state index in [1.54, 1.807) is 18.3 Å². The van der Waals surface area contributed by atoms with Crippen molar-refractivity contribution in [2.45, 2.75) is 23.6 Å². The second kappa shape index (κ2) is 10.2. The average Bonchev–Trinajstić information content (AvgIpc) is 3.45. The van der Waals surface area contributed by atoms with Crippen molar-refractivity contribution in [2.24, 2.45) is 0 Å². The van der Waals surface area contributed by atoms with Crippen LogP contribution in [0.1, 0.15) is 33.0 Å². The fraction of sp³-hybridized carbons (Fsp3) is 0.381. The highest BCUT2D eigenvalue weighted by Gasteiger charge is 2.24. The lowest BCUT2D eigenvalue weighted by Crippen LogP contribution is -2.43. The summed E-state index contributed by atoms with van der Waals surface area (Å²) in [5.74, 6) is 1.64. The van der Waals surface area contributed by atoms with E-state index in [1.807, 2.05) is 24.3 Å². The molecule has 1 saturated heterocycles. The van der Waals surface area contributed by atoms with Gasteiger partial charge in [0.2, 0.25) is 5.89 Å². The molecule has 1 N–H and O–H groups in total. The zero-order chi connectivity index (χ0) is 20.8. The van der Waals surface area contributed by atoms with E-state index in [0.717, 1.165) is 31.2 Å². The Hall–Kier alpha value is -2.20. The van der Waals surface area contributed by atoms with Crippen molar-refractivity contribution in [3.05, 3.63) is 63.9 Å². The Kier molecular flexibility index (Phi) is 7.16. The molecular weight excluding hydrogens is 420 g/mol. The molecule has 30 heavy (non-hydrogen) atoms. The van der Waals surface area contributed by atoms with Gasteiger partial charge >= 0.3 is 0 Å². The Balaban J connectivity index is 1.42. The van der Waals surface area contributed by atoms with E-state index >= 15 is 0 Å². The zero-order valence-electron chi connectivity index (χ0n) is 16.7. The summed E-state index contributed by atoms with van der Waals surface area (Å²) in [5, 5.41) is 9.15. The maximum absolute atomic E-state index is 13.0. The summed E-state index contributed by atoms with van der Waals surface area (Å²) in [6.07, 6.45) is 0. The van der Waals surface area contributed by atoms with Gasteiger partial charge in [0.1, 0.15) is 0 Å². The van der Waals surface area contributed by atoms with Gasteiger partial charge in [-0.1, -0.05) is 23.4 Å². The van der Waals surface area contributed by atoms with Gasteiger partial charge in [-0.05, 0) is 23.6 Å². The van der Waals surface area contributed by atoms with Crippen LogP contribution in [0.2, 0.25) is 0 Å². The smallest absolute Gasteiger partial charge is 0.252 e. The van der Waals surface area contributed by atoms with Gasteiger partial charge in [-0.15, -0.1) is 23.1 Å². The van der Waals surface area contributed by atoms with E-state index < -0.39 is 0 Å². The van der Waals surface area contributed by atoms with Crippen LogP contribution >= 0.6 is 23.1 Å². The van der Waals surface area contributed by atoms with Crippen LogP contribution in [0, 0.1) is 6.92 Å². The molecule has 0 radical (unpaired) electrons. The number of ether oxygens (including phenoxy) is 1. The Morgan fingerprint density at radius 2 is 2.10 bits per heavy atom. The summed E-state index contributed by atoms with van der Waals surface area (Å²) < 4.78 is 10.5. The van der Waals surface area contributed by atoms with Gasteiger partial charge < -0.3 is 14.6 Å². The number of thioether (sulfide) groups is 1. The molecule has 2 aromatic heterocycles. The maximum atomic E-state index is 13.0. The van der Waals surface area contributed by atoms with Gasteiger partial charge in [0.05, 0.1) is 30.6 Å². The quantitative estimate of drug-likeness (QED) is 0.532. The van der Waals surface area contributed by atoms with E-state index in [1.165, 1.54) is 16.6 Å². The third-order valence-corrected chi connectivity index (χ3v) is 6.92. The first-order valence-corrected chi connectivity index (χ1v) is 11.7. The number of rotatable bonds is 8. The number of nitrogens with one attached hydrogen (secondary N) is 1. The minimum absolute atomic E-state index is 0.0720. The van der Waals surface area contributed by atoms with Crippen LogP contribution in [0.4, 0.5) is 0 Å².